The maximum atomic E-state index is 12.1. The molecule has 1 aliphatic rings. The highest BCUT2D eigenvalue weighted by atomic mass is 16.6. The van der Waals surface area contributed by atoms with Gasteiger partial charge < -0.3 is 20.3 Å². The number of rotatable bonds is 2. The largest absolute Gasteiger partial charge is 0.478 e. The Morgan fingerprint density at radius 1 is 1.38 bits per heavy atom. The first-order chi connectivity index (χ1) is 9.51. The van der Waals surface area contributed by atoms with Crippen molar-refractivity contribution in [1.29, 1.82) is 0 Å². The van der Waals surface area contributed by atoms with Gasteiger partial charge >= 0.3 is 12.1 Å². The molecule has 0 aromatic carbocycles. The van der Waals surface area contributed by atoms with Crippen molar-refractivity contribution in [3.05, 3.63) is 11.6 Å². The first-order valence-corrected chi connectivity index (χ1v) is 6.40. The third-order valence-corrected chi connectivity index (χ3v) is 2.63. The van der Waals surface area contributed by atoms with E-state index in [1.54, 1.807) is 20.8 Å². The SMILES string of the molecule is CC(=O)N[C@@H]1[C@@H](O)C=C(C(=O)O)CN1C(=O)OC(C)(C)C. The second-order valence-electron chi connectivity index (χ2n) is 5.74. The van der Waals surface area contributed by atoms with Crippen LogP contribution in [0.5, 0.6) is 0 Å². The van der Waals surface area contributed by atoms with Crippen LogP contribution >= 0.6 is 0 Å². The molecule has 0 aliphatic carbocycles. The van der Waals surface area contributed by atoms with E-state index < -0.39 is 35.8 Å². The van der Waals surface area contributed by atoms with Crippen LogP contribution in [0.15, 0.2) is 11.6 Å². The number of hydrogen-bond donors (Lipinski definition) is 3. The summed E-state index contributed by atoms with van der Waals surface area (Å²) in [4.78, 5) is 35.4. The maximum absolute atomic E-state index is 12.1. The van der Waals surface area contributed by atoms with Crippen LogP contribution < -0.4 is 5.32 Å². The minimum Gasteiger partial charge on any atom is -0.478 e. The third-order valence-electron chi connectivity index (χ3n) is 2.63. The van der Waals surface area contributed by atoms with Gasteiger partial charge in [0.25, 0.3) is 0 Å². The first-order valence-electron chi connectivity index (χ1n) is 6.40. The molecule has 1 aliphatic heterocycles. The lowest BCUT2D eigenvalue weighted by Gasteiger charge is -2.38. The van der Waals surface area contributed by atoms with E-state index in [-0.39, 0.29) is 12.1 Å². The van der Waals surface area contributed by atoms with Crippen molar-refractivity contribution in [3.63, 3.8) is 0 Å². The number of aliphatic hydroxyl groups is 1. The van der Waals surface area contributed by atoms with Crippen LogP contribution in [0.25, 0.3) is 0 Å². The van der Waals surface area contributed by atoms with Gasteiger partial charge in [0.15, 0.2) is 0 Å². The fraction of sp³-hybridized carbons (Fsp3) is 0.615. The Kier molecular flexibility index (Phi) is 4.95. The van der Waals surface area contributed by atoms with Gasteiger partial charge in [-0.25, -0.2) is 9.59 Å². The molecule has 2 amide bonds. The summed E-state index contributed by atoms with van der Waals surface area (Å²) in [5, 5.41) is 21.4. The van der Waals surface area contributed by atoms with E-state index in [0.29, 0.717) is 0 Å². The van der Waals surface area contributed by atoms with Gasteiger partial charge in [0.1, 0.15) is 17.9 Å². The monoisotopic (exact) mass is 300 g/mol. The van der Waals surface area contributed by atoms with Crippen LogP contribution in [0.3, 0.4) is 0 Å². The van der Waals surface area contributed by atoms with Crippen LogP contribution in [0, 0.1) is 0 Å². The number of aliphatic hydroxyl groups excluding tert-OH is 1. The Hall–Kier alpha value is -2.09. The van der Waals surface area contributed by atoms with Crippen LogP contribution in [0.2, 0.25) is 0 Å². The number of amides is 2. The average molecular weight is 300 g/mol. The normalized spacial score (nSPS) is 22.3. The molecule has 8 heteroatoms. The number of carbonyl (C=O) groups is 3. The molecule has 0 bridgehead atoms. The quantitative estimate of drug-likeness (QED) is 0.664. The Morgan fingerprint density at radius 2 is 1.95 bits per heavy atom. The summed E-state index contributed by atoms with van der Waals surface area (Å²) < 4.78 is 5.17. The number of hydrogen-bond acceptors (Lipinski definition) is 5. The molecule has 0 fully saturated rings. The standard InChI is InChI=1S/C13H20N2O6/c1-7(16)14-10-9(17)5-8(11(18)19)6-15(10)12(20)21-13(2,3)4/h5,9-10,17H,6H2,1-4H3,(H,14,16)(H,18,19)/t9-,10-/m0/s1. The zero-order valence-corrected chi connectivity index (χ0v) is 12.4. The molecule has 0 radical (unpaired) electrons. The minimum atomic E-state index is -1.33. The van der Waals surface area contributed by atoms with Gasteiger partial charge in [-0.05, 0) is 26.8 Å². The summed E-state index contributed by atoms with van der Waals surface area (Å²) in [6, 6.07) is 0. The predicted molar refractivity (Wildman–Crippen MR) is 72.3 cm³/mol. The van der Waals surface area contributed by atoms with Crippen molar-refractivity contribution >= 4 is 18.0 Å². The molecule has 0 spiro atoms. The molecular formula is C13H20N2O6. The number of aliphatic carboxylic acids is 1. The molecule has 3 N–H and O–H groups in total. The second-order valence-corrected chi connectivity index (χ2v) is 5.74. The number of ether oxygens (including phenoxy) is 1. The Bertz CT molecular complexity index is 480. The summed E-state index contributed by atoms with van der Waals surface area (Å²) in [6.07, 6.45) is -2.11. The lowest BCUT2D eigenvalue weighted by atomic mass is 10.1. The molecule has 0 unspecified atom stereocenters. The van der Waals surface area contributed by atoms with Crippen molar-refractivity contribution in [1.82, 2.24) is 10.2 Å². The predicted octanol–water partition coefficient (Wildman–Crippen LogP) is 0.0712. The van der Waals surface area contributed by atoms with Crippen molar-refractivity contribution in [3.8, 4) is 0 Å². The van der Waals surface area contributed by atoms with Gasteiger partial charge in [0.2, 0.25) is 5.91 Å². The highest BCUT2D eigenvalue weighted by Gasteiger charge is 2.37. The fourth-order valence-electron chi connectivity index (χ4n) is 1.83. The zero-order valence-electron chi connectivity index (χ0n) is 12.4. The number of carboxylic acids is 1. The zero-order chi connectivity index (χ0) is 16.4. The van der Waals surface area contributed by atoms with E-state index >= 15 is 0 Å². The Morgan fingerprint density at radius 3 is 2.38 bits per heavy atom. The molecule has 1 rings (SSSR count). The maximum Gasteiger partial charge on any atom is 0.412 e. The average Bonchev–Trinajstić information content (AvgIpc) is 2.28. The van der Waals surface area contributed by atoms with Crippen molar-refractivity contribution in [2.24, 2.45) is 0 Å². The van der Waals surface area contributed by atoms with E-state index in [2.05, 4.69) is 5.32 Å². The van der Waals surface area contributed by atoms with Crippen LogP contribution in [0.1, 0.15) is 27.7 Å². The Balaban J connectivity index is 3.04. The summed E-state index contributed by atoms with van der Waals surface area (Å²) in [7, 11) is 0. The lowest BCUT2D eigenvalue weighted by molar-refractivity contribution is -0.133. The molecule has 0 saturated heterocycles. The van der Waals surface area contributed by atoms with Gasteiger partial charge in [-0.15, -0.1) is 0 Å². The van der Waals surface area contributed by atoms with Crippen LogP contribution in [0.4, 0.5) is 4.79 Å². The lowest BCUT2D eigenvalue weighted by Crippen LogP contribution is -2.59. The van der Waals surface area contributed by atoms with Crippen molar-refractivity contribution in [2.75, 3.05) is 6.54 Å². The number of nitrogens with one attached hydrogen (secondary N) is 1. The van der Waals surface area contributed by atoms with Crippen molar-refractivity contribution in [2.45, 2.75) is 45.6 Å². The highest BCUT2D eigenvalue weighted by Crippen LogP contribution is 2.19. The van der Waals surface area contributed by atoms with E-state index in [1.165, 1.54) is 6.92 Å². The molecular weight excluding hydrogens is 280 g/mol. The number of nitrogens with zero attached hydrogens (tertiary/aromatic N) is 1. The van der Waals surface area contributed by atoms with E-state index in [4.69, 9.17) is 9.84 Å². The first kappa shape index (κ1) is 17.0. The molecule has 0 saturated carbocycles. The second kappa shape index (κ2) is 6.13. The molecule has 1 heterocycles. The number of carboxylic acid groups (broad SMARTS) is 1. The van der Waals surface area contributed by atoms with Gasteiger partial charge in [-0.3, -0.25) is 9.69 Å². The minimum absolute atomic E-state index is 0.144. The van der Waals surface area contributed by atoms with Crippen LogP contribution in [-0.2, 0) is 14.3 Å². The summed E-state index contributed by atoms with van der Waals surface area (Å²) >= 11 is 0. The topological polar surface area (TPSA) is 116 Å². The Labute approximate surface area is 122 Å². The molecule has 0 aromatic rings. The van der Waals surface area contributed by atoms with E-state index in [0.717, 1.165) is 11.0 Å². The molecule has 118 valence electrons. The highest BCUT2D eigenvalue weighted by molar-refractivity contribution is 5.88. The molecule has 2 atom stereocenters. The summed E-state index contributed by atoms with van der Waals surface area (Å²) in [5.74, 6) is -1.70. The summed E-state index contributed by atoms with van der Waals surface area (Å²) in [5.41, 5.74) is -0.928. The van der Waals surface area contributed by atoms with E-state index in [9.17, 15) is 19.5 Å². The van der Waals surface area contributed by atoms with E-state index in [1.807, 2.05) is 0 Å². The molecule has 21 heavy (non-hydrogen) atoms. The van der Waals surface area contributed by atoms with Crippen LogP contribution in [-0.4, -0.2) is 57.5 Å². The molecule has 8 nitrogen and oxygen atoms in total. The summed E-state index contributed by atoms with van der Waals surface area (Å²) in [6.45, 7) is 5.94. The van der Waals surface area contributed by atoms with Gasteiger partial charge in [0.05, 0.1) is 12.1 Å². The van der Waals surface area contributed by atoms with Gasteiger partial charge in [-0.1, -0.05) is 0 Å². The number of carbonyl (C=O) groups excluding carboxylic acids is 2. The van der Waals surface area contributed by atoms with Gasteiger partial charge in [0, 0.05) is 6.92 Å². The van der Waals surface area contributed by atoms with Crippen molar-refractivity contribution < 1.29 is 29.3 Å². The fourth-order valence-corrected chi connectivity index (χ4v) is 1.83. The van der Waals surface area contributed by atoms with Gasteiger partial charge in [-0.2, -0.15) is 0 Å². The molecule has 0 aromatic heterocycles. The smallest absolute Gasteiger partial charge is 0.412 e. The third kappa shape index (κ3) is 4.75.